The van der Waals surface area contributed by atoms with Crippen LogP contribution in [0.5, 0.6) is 5.75 Å². The van der Waals surface area contributed by atoms with Gasteiger partial charge < -0.3 is 14.2 Å². The number of anilines is 1. The van der Waals surface area contributed by atoms with Crippen molar-refractivity contribution in [3.05, 3.63) is 59.4 Å². The fourth-order valence-corrected chi connectivity index (χ4v) is 6.55. The molecule has 2 fully saturated rings. The first-order chi connectivity index (χ1) is 19.7. The van der Waals surface area contributed by atoms with Crippen molar-refractivity contribution in [1.29, 1.82) is 0 Å². The van der Waals surface area contributed by atoms with E-state index in [0.29, 0.717) is 52.7 Å². The fourth-order valence-electron chi connectivity index (χ4n) is 6.25. The number of carbonyl (C=O) groups excluding carboxylic acids is 2. The predicted molar refractivity (Wildman–Crippen MR) is 163 cm³/mol. The Hall–Kier alpha value is -3.39. The van der Waals surface area contributed by atoms with E-state index in [-0.39, 0.29) is 24.0 Å². The Morgan fingerprint density at radius 2 is 1.98 bits per heavy atom. The van der Waals surface area contributed by atoms with Gasteiger partial charge in [-0.3, -0.25) is 19.9 Å². The van der Waals surface area contributed by atoms with Gasteiger partial charge in [-0.25, -0.2) is 4.98 Å². The molecular weight excluding hydrogens is 538 g/mol. The Labute approximate surface area is 247 Å². The number of ether oxygens (including phenoxy) is 1. The quantitative estimate of drug-likeness (QED) is 0.252. The lowest BCUT2D eigenvalue weighted by atomic mass is 9.97. The van der Waals surface area contributed by atoms with Crippen molar-refractivity contribution in [3.63, 3.8) is 0 Å². The third-order valence-corrected chi connectivity index (χ3v) is 8.80. The predicted octanol–water partition coefficient (Wildman–Crippen LogP) is 6.98. The van der Waals surface area contributed by atoms with Crippen molar-refractivity contribution in [3.8, 4) is 5.75 Å². The molecule has 2 amide bonds. The maximum atomic E-state index is 13.4. The van der Waals surface area contributed by atoms with Crippen LogP contribution in [0.15, 0.2) is 43.1 Å². The normalized spacial score (nSPS) is 23.5. The SMILES string of the molecule is C=CC(=O)N1CCCC[C@@H](n2c(NC(=O)c3ccnc(C)c3)nc3cc(O[C@@H]4CC(C)CCCC4C)cc(Cl)c32)C1. The highest BCUT2D eigenvalue weighted by molar-refractivity contribution is 6.35. The Morgan fingerprint density at radius 1 is 1.15 bits per heavy atom. The first-order valence-electron chi connectivity index (χ1n) is 14.8. The van der Waals surface area contributed by atoms with E-state index < -0.39 is 0 Å². The third-order valence-electron chi connectivity index (χ3n) is 8.51. The van der Waals surface area contributed by atoms with Crippen LogP contribution in [0.3, 0.4) is 0 Å². The van der Waals surface area contributed by atoms with Gasteiger partial charge >= 0.3 is 0 Å². The zero-order valence-corrected chi connectivity index (χ0v) is 25.0. The van der Waals surface area contributed by atoms with Gasteiger partial charge in [0, 0.05) is 42.7 Å². The average Bonchev–Trinajstić information content (AvgIpc) is 3.05. The number of nitrogens with zero attached hydrogens (tertiary/aromatic N) is 4. The molecule has 0 radical (unpaired) electrons. The molecule has 2 unspecified atom stereocenters. The molecule has 1 aliphatic carbocycles. The Morgan fingerprint density at radius 3 is 2.76 bits per heavy atom. The number of aromatic nitrogens is 3. The Bertz CT molecular complexity index is 1440. The van der Waals surface area contributed by atoms with Gasteiger partial charge in [0.25, 0.3) is 5.91 Å². The van der Waals surface area contributed by atoms with E-state index >= 15 is 0 Å². The summed E-state index contributed by atoms with van der Waals surface area (Å²) in [5.74, 6) is 1.75. The minimum absolute atomic E-state index is 0.104. The molecule has 218 valence electrons. The molecule has 1 N–H and O–H groups in total. The van der Waals surface area contributed by atoms with Gasteiger partial charge in [0.05, 0.1) is 22.1 Å². The van der Waals surface area contributed by atoms with Gasteiger partial charge in [-0.2, -0.15) is 0 Å². The molecule has 41 heavy (non-hydrogen) atoms. The summed E-state index contributed by atoms with van der Waals surface area (Å²) in [6.45, 7) is 11.2. The number of benzene rings is 1. The summed E-state index contributed by atoms with van der Waals surface area (Å²) in [5, 5.41) is 3.54. The number of amides is 2. The van der Waals surface area contributed by atoms with Crippen LogP contribution in [0.25, 0.3) is 11.0 Å². The van der Waals surface area contributed by atoms with Gasteiger partial charge in [0.2, 0.25) is 11.9 Å². The summed E-state index contributed by atoms with van der Waals surface area (Å²) in [4.78, 5) is 36.9. The molecule has 1 saturated carbocycles. The number of imidazole rings is 1. The van der Waals surface area contributed by atoms with Gasteiger partial charge in [-0.15, -0.1) is 0 Å². The number of nitrogens with one attached hydrogen (secondary N) is 1. The van der Waals surface area contributed by atoms with Gasteiger partial charge in [-0.05, 0) is 69.1 Å². The van der Waals surface area contributed by atoms with Crippen LogP contribution in [-0.2, 0) is 4.79 Å². The maximum absolute atomic E-state index is 13.4. The molecule has 0 bridgehead atoms. The highest BCUT2D eigenvalue weighted by Gasteiger charge is 2.29. The van der Waals surface area contributed by atoms with E-state index in [1.165, 1.54) is 18.9 Å². The number of fused-ring (bicyclic) bond motifs is 1. The lowest BCUT2D eigenvalue weighted by Crippen LogP contribution is -2.34. The van der Waals surface area contributed by atoms with E-state index in [4.69, 9.17) is 21.3 Å². The van der Waals surface area contributed by atoms with Crippen LogP contribution in [0, 0.1) is 18.8 Å². The molecular formula is C32H40ClN5O3. The van der Waals surface area contributed by atoms with Crippen molar-refractivity contribution < 1.29 is 14.3 Å². The smallest absolute Gasteiger partial charge is 0.258 e. The zero-order chi connectivity index (χ0) is 29.1. The molecule has 3 aromatic rings. The monoisotopic (exact) mass is 577 g/mol. The second-order valence-corrected chi connectivity index (χ2v) is 12.2. The molecule has 9 heteroatoms. The largest absolute Gasteiger partial charge is 0.490 e. The highest BCUT2D eigenvalue weighted by Crippen LogP contribution is 2.38. The fraction of sp³-hybridized carbons (Fsp3) is 0.500. The number of likely N-dealkylation sites (tertiary alicyclic amines) is 1. The Balaban J connectivity index is 1.55. The lowest BCUT2D eigenvalue weighted by molar-refractivity contribution is -0.126. The standard InChI is InChI=1S/C32H40ClN5O3/c1-5-29(39)37-14-7-6-11-24(19-37)38-30-26(33)17-25(41-28-15-20(2)9-8-10-21(28)3)18-27(30)35-32(38)36-31(40)23-12-13-34-22(4)16-23/h5,12-13,16-18,20-21,24,28H,1,6-11,14-15,19H2,2-4H3,(H,35,36,40)/t20?,21?,24-,28-/m1/s1. The molecule has 1 aliphatic heterocycles. The highest BCUT2D eigenvalue weighted by atomic mass is 35.5. The molecule has 1 saturated heterocycles. The average molecular weight is 578 g/mol. The topological polar surface area (TPSA) is 89.4 Å². The molecule has 4 atom stereocenters. The van der Waals surface area contributed by atoms with Crippen LogP contribution in [0.2, 0.25) is 5.02 Å². The van der Waals surface area contributed by atoms with Crippen LogP contribution in [-0.4, -0.2) is 50.4 Å². The van der Waals surface area contributed by atoms with Gasteiger partial charge in [0.15, 0.2) is 0 Å². The molecule has 0 spiro atoms. The second-order valence-electron chi connectivity index (χ2n) is 11.8. The van der Waals surface area contributed by atoms with Crippen molar-refractivity contribution in [2.24, 2.45) is 11.8 Å². The summed E-state index contributed by atoms with van der Waals surface area (Å²) in [6, 6.07) is 7.08. The summed E-state index contributed by atoms with van der Waals surface area (Å²) in [6.07, 6.45) is 10.3. The molecule has 3 heterocycles. The first-order valence-corrected chi connectivity index (χ1v) is 15.1. The lowest BCUT2D eigenvalue weighted by Gasteiger charge is -2.26. The van der Waals surface area contributed by atoms with Crippen molar-refractivity contribution in [1.82, 2.24) is 19.4 Å². The number of carbonyl (C=O) groups is 2. The van der Waals surface area contributed by atoms with E-state index in [2.05, 4.69) is 30.7 Å². The molecule has 2 aromatic heterocycles. The number of aryl methyl sites for hydroxylation is 1. The third kappa shape index (κ3) is 6.58. The van der Waals surface area contributed by atoms with Crippen LogP contribution in [0.1, 0.15) is 80.9 Å². The molecule has 1 aromatic carbocycles. The van der Waals surface area contributed by atoms with E-state index in [1.54, 1.807) is 18.3 Å². The van der Waals surface area contributed by atoms with Crippen molar-refractivity contribution in [2.45, 2.75) is 77.9 Å². The van der Waals surface area contributed by atoms with Crippen molar-refractivity contribution in [2.75, 3.05) is 18.4 Å². The number of rotatable bonds is 6. The van der Waals surface area contributed by atoms with Gasteiger partial charge in [-0.1, -0.05) is 44.9 Å². The Kier molecular flexibility index (Phi) is 8.97. The van der Waals surface area contributed by atoms with E-state index in [0.717, 1.165) is 43.3 Å². The van der Waals surface area contributed by atoms with Crippen LogP contribution < -0.4 is 10.1 Å². The van der Waals surface area contributed by atoms with Crippen LogP contribution in [0.4, 0.5) is 5.95 Å². The number of halogens is 1. The number of pyridine rings is 1. The molecule has 5 rings (SSSR count). The summed E-state index contributed by atoms with van der Waals surface area (Å²) >= 11 is 7.00. The second kappa shape index (κ2) is 12.6. The minimum atomic E-state index is -0.284. The summed E-state index contributed by atoms with van der Waals surface area (Å²) in [5.41, 5.74) is 2.61. The van der Waals surface area contributed by atoms with Gasteiger partial charge in [0.1, 0.15) is 11.9 Å². The maximum Gasteiger partial charge on any atom is 0.258 e. The van der Waals surface area contributed by atoms with Crippen LogP contribution >= 0.6 is 11.6 Å². The summed E-state index contributed by atoms with van der Waals surface area (Å²) in [7, 11) is 0. The zero-order valence-electron chi connectivity index (χ0n) is 24.2. The number of hydrogen-bond donors (Lipinski definition) is 1. The first kappa shape index (κ1) is 29.1. The van der Waals surface area contributed by atoms with E-state index in [1.807, 2.05) is 28.5 Å². The van der Waals surface area contributed by atoms with Crippen molar-refractivity contribution >= 4 is 40.4 Å². The molecule has 8 nitrogen and oxygen atoms in total. The van der Waals surface area contributed by atoms with E-state index in [9.17, 15) is 9.59 Å². The number of hydrogen-bond acceptors (Lipinski definition) is 5. The molecule has 2 aliphatic rings. The minimum Gasteiger partial charge on any atom is -0.490 e. The summed E-state index contributed by atoms with van der Waals surface area (Å²) < 4.78 is 8.55.